The van der Waals surface area contributed by atoms with Crippen LogP contribution in [-0.2, 0) is 6.54 Å². The summed E-state index contributed by atoms with van der Waals surface area (Å²) in [6.07, 6.45) is 1.94. The highest BCUT2D eigenvalue weighted by Gasteiger charge is 2.25. The molecule has 4 rings (SSSR count). The SMILES string of the molecule is O=c1n(Cc2ccc(F)cc2F)nc([C@@H]2CCCNC2)n1-c1ccccc1. The standard InChI is InChI=1S/C20H20F2N4O/c21-16-9-8-15(18(22)11-16)13-25-20(27)26(17-6-2-1-3-7-17)19(24-25)14-5-4-10-23-12-14/h1-3,6-9,11,14,23H,4-5,10,12-13H2/t14-/m1/s1. The summed E-state index contributed by atoms with van der Waals surface area (Å²) in [7, 11) is 0. The van der Waals surface area contributed by atoms with Crippen LogP contribution in [0.2, 0.25) is 0 Å². The molecule has 0 radical (unpaired) electrons. The molecule has 27 heavy (non-hydrogen) atoms. The van der Waals surface area contributed by atoms with Crippen LogP contribution in [0.3, 0.4) is 0 Å². The first kappa shape index (κ1) is 17.6. The van der Waals surface area contributed by atoms with Crippen LogP contribution in [0, 0.1) is 11.6 Å². The van der Waals surface area contributed by atoms with Crippen molar-refractivity contribution in [1.82, 2.24) is 19.7 Å². The Morgan fingerprint density at radius 1 is 1.15 bits per heavy atom. The minimum Gasteiger partial charge on any atom is -0.316 e. The maximum absolute atomic E-state index is 14.1. The lowest BCUT2D eigenvalue weighted by Crippen LogP contribution is -2.31. The molecule has 0 unspecified atom stereocenters. The summed E-state index contributed by atoms with van der Waals surface area (Å²) in [5, 5.41) is 7.87. The predicted octanol–water partition coefficient (Wildman–Crippen LogP) is 2.83. The molecule has 1 N–H and O–H groups in total. The van der Waals surface area contributed by atoms with E-state index < -0.39 is 11.6 Å². The lowest BCUT2D eigenvalue weighted by Gasteiger charge is -2.22. The molecule has 1 aliphatic rings. The fourth-order valence-electron chi connectivity index (χ4n) is 3.50. The van der Waals surface area contributed by atoms with Gasteiger partial charge in [0, 0.05) is 24.1 Å². The van der Waals surface area contributed by atoms with E-state index >= 15 is 0 Å². The fraction of sp³-hybridized carbons (Fsp3) is 0.300. The number of hydrogen-bond donors (Lipinski definition) is 1. The van der Waals surface area contributed by atoms with Gasteiger partial charge in [0.25, 0.3) is 0 Å². The van der Waals surface area contributed by atoms with Crippen molar-refractivity contribution in [3.05, 3.63) is 82.0 Å². The first-order chi connectivity index (χ1) is 13.1. The third kappa shape index (κ3) is 3.55. The van der Waals surface area contributed by atoms with Gasteiger partial charge in [-0.15, -0.1) is 0 Å². The number of piperidine rings is 1. The van der Waals surface area contributed by atoms with Crippen molar-refractivity contribution in [2.45, 2.75) is 25.3 Å². The lowest BCUT2D eigenvalue weighted by molar-refractivity contribution is 0.439. The Morgan fingerprint density at radius 2 is 1.96 bits per heavy atom. The fourth-order valence-corrected chi connectivity index (χ4v) is 3.50. The molecule has 140 valence electrons. The molecule has 5 nitrogen and oxygen atoms in total. The molecule has 0 aliphatic carbocycles. The second kappa shape index (κ2) is 7.44. The van der Waals surface area contributed by atoms with Crippen molar-refractivity contribution in [2.24, 2.45) is 0 Å². The molecule has 0 saturated carbocycles. The van der Waals surface area contributed by atoms with Crippen molar-refractivity contribution in [1.29, 1.82) is 0 Å². The number of halogens is 2. The maximum Gasteiger partial charge on any atom is 0.350 e. The minimum atomic E-state index is -0.683. The number of rotatable bonds is 4. The monoisotopic (exact) mass is 370 g/mol. The van der Waals surface area contributed by atoms with Crippen LogP contribution in [-0.4, -0.2) is 27.4 Å². The lowest BCUT2D eigenvalue weighted by atomic mass is 9.99. The van der Waals surface area contributed by atoms with E-state index in [1.165, 1.54) is 16.8 Å². The molecule has 0 spiro atoms. The third-order valence-electron chi connectivity index (χ3n) is 4.88. The van der Waals surface area contributed by atoms with Crippen molar-refractivity contribution in [3.63, 3.8) is 0 Å². The van der Waals surface area contributed by atoms with Crippen molar-refractivity contribution >= 4 is 0 Å². The first-order valence-electron chi connectivity index (χ1n) is 9.03. The summed E-state index contributed by atoms with van der Waals surface area (Å²) >= 11 is 0. The molecule has 1 atom stereocenters. The van der Waals surface area contributed by atoms with Gasteiger partial charge in [-0.1, -0.05) is 24.3 Å². The second-order valence-electron chi connectivity index (χ2n) is 6.75. The van der Waals surface area contributed by atoms with Crippen LogP contribution in [0.15, 0.2) is 53.3 Å². The molecular weight excluding hydrogens is 350 g/mol. The van der Waals surface area contributed by atoms with Crippen LogP contribution in [0.25, 0.3) is 5.69 Å². The molecule has 3 aromatic rings. The molecule has 0 amide bonds. The van der Waals surface area contributed by atoms with E-state index in [-0.39, 0.29) is 23.7 Å². The van der Waals surface area contributed by atoms with Gasteiger partial charge in [0.2, 0.25) is 0 Å². The summed E-state index contributed by atoms with van der Waals surface area (Å²) in [4.78, 5) is 13.1. The number of para-hydroxylation sites is 1. The molecule has 7 heteroatoms. The smallest absolute Gasteiger partial charge is 0.316 e. The summed E-state index contributed by atoms with van der Waals surface area (Å²) in [6, 6.07) is 12.7. The van der Waals surface area contributed by atoms with Crippen molar-refractivity contribution < 1.29 is 8.78 Å². The highest BCUT2D eigenvalue weighted by molar-refractivity contribution is 5.33. The molecule has 0 bridgehead atoms. The summed E-state index contributed by atoms with van der Waals surface area (Å²) < 4.78 is 30.1. The highest BCUT2D eigenvalue weighted by atomic mass is 19.1. The van der Waals surface area contributed by atoms with Gasteiger partial charge < -0.3 is 5.32 Å². The van der Waals surface area contributed by atoms with Gasteiger partial charge in [-0.05, 0) is 37.6 Å². The minimum absolute atomic E-state index is 0.0437. The summed E-state index contributed by atoms with van der Waals surface area (Å²) in [5.74, 6) is -0.559. The van der Waals surface area contributed by atoms with Crippen molar-refractivity contribution in [3.8, 4) is 5.69 Å². The zero-order chi connectivity index (χ0) is 18.8. The van der Waals surface area contributed by atoms with E-state index in [0.29, 0.717) is 5.82 Å². The Morgan fingerprint density at radius 3 is 2.67 bits per heavy atom. The van der Waals surface area contributed by atoms with Gasteiger partial charge in [0.1, 0.15) is 17.5 Å². The van der Waals surface area contributed by atoms with E-state index in [2.05, 4.69) is 10.4 Å². The summed E-state index contributed by atoms with van der Waals surface area (Å²) in [5.41, 5.74) is 0.629. The molecule has 2 heterocycles. The van der Waals surface area contributed by atoms with E-state index in [4.69, 9.17) is 0 Å². The van der Waals surface area contributed by atoms with Gasteiger partial charge in [-0.2, -0.15) is 5.10 Å². The van der Waals surface area contributed by atoms with Gasteiger partial charge in [-0.3, -0.25) is 0 Å². The zero-order valence-corrected chi connectivity index (χ0v) is 14.7. The van der Waals surface area contributed by atoms with Gasteiger partial charge in [0.05, 0.1) is 12.2 Å². The Labute approximate surface area is 155 Å². The van der Waals surface area contributed by atoms with Crippen LogP contribution < -0.4 is 11.0 Å². The van der Waals surface area contributed by atoms with Crippen LogP contribution >= 0.6 is 0 Å². The maximum atomic E-state index is 14.1. The van der Waals surface area contributed by atoms with E-state index in [9.17, 15) is 13.6 Å². The van der Waals surface area contributed by atoms with E-state index in [1.54, 1.807) is 4.57 Å². The van der Waals surface area contributed by atoms with Crippen molar-refractivity contribution in [2.75, 3.05) is 13.1 Å². The van der Waals surface area contributed by atoms with Gasteiger partial charge >= 0.3 is 5.69 Å². The quantitative estimate of drug-likeness (QED) is 0.768. The Hall–Kier alpha value is -2.80. The molecule has 1 saturated heterocycles. The number of benzene rings is 2. The zero-order valence-electron chi connectivity index (χ0n) is 14.7. The Balaban J connectivity index is 1.78. The summed E-state index contributed by atoms with van der Waals surface area (Å²) in [6.45, 7) is 1.65. The molecule has 1 aliphatic heterocycles. The number of aromatic nitrogens is 3. The Kier molecular flexibility index (Phi) is 4.85. The van der Waals surface area contributed by atoms with Crippen LogP contribution in [0.4, 0.5) is 8.78 Å². The average Bonchev–Trinajstić information content (AvgIpc) is 3.02. The van der Waals surface area contributed by atoms with E-state index in [1.807, 2.05) is 30.3 Å². The van der Waals surface area contributed by atoms with Crippen LogP contribution in [0.5, 0.6) is 0 Å². The predicted molar refractivity (Wildman–Crippen MR) is 98.1 cm³/mol. The normalized spacial score (nSPS) is 17.2. The molecule has 1 aromatic heterocycles. The van der Waals surface area contributed by atoms with E-state index in [0.717, 1.165) is 37.7 Å². The number of nitrogens with zero attached hydrogens (tertiary/aromatic N) is 3. The van der Waals surface area contributed by atoms with Crippen LogP contribution in [0.1, 0.15) is 30.1 Å². The second-order valence-corrected chi connectivity index (χ2v) is 6.75. The topological polar surface area (TPSA) is 51.9 Å². The van der Waals surface area contributed by atoms with Gasteiger partial charge in [-0.25, -0.2) is 22.8 Å². The third-order valence-corrected chi connectivity index (χ3v) is 4.88. The number of nitrogens with one attached hydrogen (secondary N) is 1. The molecule has 2 aromatic carbocycles. The largest absolute Gasteiger partial charge is 0.350 e. The number of hydrogen-bond acceptors (Lipinski definition) is 3. The highest BCUT2D eigenvalue weighted by Crippen LogP contribution is 2.23. The Bertz CT molecular complexity index is 991. The average molecular weight is 370 g/mol. The molecule has 1 fully saturated rings. The molecular formula is C20H20F2N4O. The van der Waals surface area contributed by atoms with Gasteiger partial charge in [0.15, 0.2) is 0 Å². The first-order valence-corrected chi connectivity index (χ1v) is 9.03.